The molecule has 0 aliphatic rings. The van der Waals surface area contributed by atoms with Gasteiger partial charge in [-0.25, -0.2) is 4.79 Å². The molecule has 0 saturated carbocycles. The van der Waals surface area contributed by atoms with Crippen molar-refractivity contribution in [2.24, 2.45) is 0 Å². The van der Waals surface area contributed by atoms with Crippen molar-refractivity contribution in [3.8, 4) is 0 Å². The van der Waals surface area contributed by atoms with Crippen molar-refractivity contribution in [3.05, 3.63) is 71.8 Å². The van der Waals surface area contributed by atoms with Gasteiger partial charge < -0.3 is 16.0 Å². The summed E-state index contributed by atoms with van der Waals surface area (Å²) in [5.74, 6) is -0.0659. The molecule has 2 rings (SSSR count). The Hall–Kier alpha value is -3.08. The van der Waals surface area contributed by atoms with E-state index in [9.17, 15) is 9.59 Å². The molecule has 0 aliphatic carbocycles. The monoisotopic (exact) mass is 351 g/mol. The van der Waals surface area contributed by atoms with Crippen LogP contribution >= 0.6 is 0 Å². The quantitative estimate of drug-likeness (QED) is 0.650. The molecule has 0 radical (unpaired) electrons. The summed E-state index contributed by atoms with van der Waals surface area (Å²) < 4.78 is 0. The molecule has 0 bridgehead atoms. The van der Waals surface area contributed by atoms with Crippen LogP contribution in [-0.2, 0) is 4.79 Å². The topological polar surface area (TPSA) is 70.2 Å². The fourth-order valence-electron chi connectivity index (χ4n) is 2.46. The van der Waals surface area contributed by atoms with Gasteiger partial charge >= 0.3 is 6.03 Å². The number of amides is 3. The summed E-state index contributed by atoms with van der Waals surface area (Å²) >= 11 is 0. The number of carbonyl (C=O) groups is 2. The number of hydrogen-bond acceptors (Lipinski definition) is 2. The number of allylic oxidation sites excluding steroid dienone is 1. The zero-order chi connectivity index (χ0) is 18.9. The van der Waals surface area contributed by atoms with Gasteiger partial charge in [-0.1, -0.05) is 43.3 Å². The van der Waals surface area contributed by atoms with Gasteiger partial charge in [0, 0.05) is 16.9 Å². The molecule has 3 N–H and O–H groups in total. The van der Waals surface area contributed by atoms with Crippen LogP contribution in [0.5, 0.6) is 0 Å². The highest BCUT2D eigenvalue weighted by Gasteiger charge is 2.11. The third kappa shape index (κ3) is 5.77. The second kappa shape index (κ2) is 9.42. The van der Waals surface area contributed by atoms with Gasteiger partial charge in [-0.05, 0) is 50.1 Å². The number of nitrogens with one attached hydrogen (secondary N) is 3. The normalized spacial score (nSPS) is 12.2. The lowest BCUT2D eigenvalue weighted by molar-refractivity contribution is -0.118. The Morgan fingerprint density at radius 3 is 2.12 bits per heavy atom. The maximum absolute atomic E-state index is 12.1. The Morgan fingerprint density at radius 2 is 1.54 bits per heavy atom. The van der Waals surface area contributed by atoms with Crippen LogP contribution < -0.4 is 16.0 Å². The zero-order valence-electron chi connectivity index (χ0n) is 15.4. The highest BCUT2D eigenvalue weighted by atomic mass is 16.2. The summed E-state index contributed by atoms with van der Waals surface area (Å²) in [6.07, 6.45) is 2.74. The van der Waals surface area contributed by atoms with Crippen molar-refractivity contribution in [3.63, 3.8) is 0 Å². The van der Waals surface area contributed by atoms with Crippen molar-refractivity contribution < 1.29 is 9.59 Å². The van der Waals surface area contributed by atoms with E-state index in [1.165, 1.54) is 0 Å². The number of benzene rings is 2. The van der Waals surface area contributed by atoms with E-state index >= 15 is 0 Å². The Balaban J connectivity index is 1.92. The van der Waals surface area contributed by atoms with E-state index in [4.69, 9.17) is 0 Å². The van der Waals surface area contributed by atoms with Gasteiger partial charge in [0.2, 0.25) is 5.91 Å². The molecule has 1 unspecified atom stereocenters. The number of urea groups is 1. The molecule has 5 heteroatoms. The van der Waals surface area contributed by atoms with Crippen LogP contribution in [0.4, 0.5) is 16.2 Å². The number of rotatable bonds is 6. The van der Waals surface area contributed by atoms with Gasteiger partial charge in [-0.2, -0.15) is 0 Å². The highest BCUT2D eigenvalue weighted by Crippen LogP contribution is 2.17. The summed E-state index contributed by atoms with van der Waals surface area (Å²) in [6.45, 7) is 5.74. The van der Waals surface area contributed by atoms with Crippen LogP contribution in [0.3, 0.4) is 0 Å². The van der Waals surface area contributed by atoms with E-state index in [-0.39, 0.29) is 18.0 Å². The first-order valence-corrected chi connectivity index (χ1v) is 8.70. The second-order valence-corrected chi connectivity index (χ2v) is 6.06. The Bertz CT molecular complexity index is 768. The zero-order valence-corrected chi connectivity index (χ0v) is 15.4. The van der Waals surface area contributed by atoms with Crippen molar-refractivity contribution >= 4 is 23.3 Å². The van der Waals surface area contributed by atoms with E-state index in [1.807, 2.05) is 81.4 Å². The number of hydrogen-bond donors (Lipinski definition) is 3. The fourth-order valence-corrected chi connectivity index (χ4v) is 2.46. The predicted octanol–water partition coefficient (Wildman–Crippen LogP) is 4.86. The smallest absolute Gasteiger partial charge is 0.323 e. The molecule has 0 spiro atoms. The molecule has 2 aromatic rings. The molecule has 26 heavy (non-hydrogen) atoms. The summed E-state index contributed by atoms with van der Waals surface area (Å²) in [5, 5.41) is 8.52. The van der Waals surface area contributed by atoms with Crippen molar-refractivity contribution in [2.45, 2.75) is 33.2 Å². The molecule has 2 aromatic carbocycles. The summed E-state index contributed by atoms with van der Waals surface area (Å²) in [4.78, 5) is 24.1. The largest absolute Gasteiger partial charge is 0.346 e. The average Bonchev–Trinajstić information content (AvgIpc) is 2.63. The van der Waals surface area contributed by atoms with Crippen LogP contribution in [0.1, 0.15) is 38.8 Å². The fraction of sp³-hybridized carbons (Fsp3) is 0.238. The molecule has 3 amide bonds. The van der Waals surface area contributed by atoms with Gasteiger partial charge in [-0.15, -0.1) is 0 Å². The Kier molecular flexibility index (Phi) is 6.97. The average molecular weight is 351 g/mol. The van der Waals surface area contributed by atoms with Gasteiger partial charge in [-0.3, -0.25) is 4.79 Å². The number of anilines is 2. The molecule has 5 nitrogen and oxygen atoms in total. The second-order valence-electron chi connectivity index (χ2n) is 6.06. The van der Waals surface area contributed by atoms with Crippen molar-refractivity contribution in [2.75, 3.05) is 10.6 Å². The van der Waals surface area contributed by atoms with Crippen LogP contribution in [0.25, 0.3) is 0 Å². The lowest BCUT2D eigenvalue weighted by Crippen LogP contribution is -2.27. The van der Waals surface area contributed by atoms with Gasteiger partial charge in [0.15, 0.2) is 0 Å². The molecule has 1 atom stereocenters. The minimum absolute atomic E-state index is 0.0659. The number of para-hydroxylation sites is 1. The van der Waals surface area contributed by atoms with Crippen LogP contribution in [0.2, 0.25) is 0 Å². The molecule has 0 aromatic heterocycles. The van der Waals surface area contributed by atoms with Gasteiger partial charge in [0.25, 0.3) is 0 Å². The van der Waals surface area contributed by atoms with Gasteiger partial charge in [0.05, 0.1) is 6.04 Å². The van der Waals surface area contributed by atoms with E-state index in [0.717, 1.165) is 23.2 Å². The summed E-state index contributed by atoms with van der Waals surface area (Å²) in [6, 6.07) is 16.2. The molecule has 0 heterocycles. The van der Waals surface area contributed by atoms with E-state index in [0.29, 0.717) is 5.69 Å². The lowest BCUT2D eigenvalue weighted by atomic mass is 10.1. The molecule has 136 valence electrons. The number of carbonyl (C=O) groups excluding carboxylic acids is 2. The third-order valence-electron chi connectivity index (χ3n) is 3.92. The summed E-state index contributed by atoms with van der Waals surface area (Å²) in [5.41, 5.74) is 3.10. The Morgan fingerprint density at radius 1 is 0.962 bits per heavy atom. The first-order valence-electron chi connectivity index (χ1n) is 8.70. The van der Waals surface area contributed by atoms with Crippen LogP contribution in [0, 0.1) is 0 Å². The van der Waals surface area contributed by atoms with Crippen molar-refractivity contribution in [1.29, 1.82) is 0 Å². The minimum atomic E-state index is -0.300. The van der Waals surface area contributed by atoms with E-state index in [1.54, 1.807) is 0 Å². The SMILES string of the molecule is CC/C=C(\C)C(=O)NC(C)c1ccc(NC(=O)Nc2ccccc2)cc1. The van der Waals surface area contributed by atoms with Gasteiger partial charge in [0.1, 0.15) is 0 Å². The standard InChI is InChI=1S/C21H25N3O2/c1-4-8-15(2)20(25)22-16(3)17-11-13-19(14-12-17)24-21(26)23-18-9-6-5-7-10-18/h5-14,16H,4H2,1-3H3,(H,22,25)(H2,23,24,26)/b15-8+. The molecular formula is C21H25N3O2. The van der Waals surface area contributed by atoms with E-state index < -0.39 is 0 Å². The molecule has 0 saturated heterocycles. The highest BCUT2D eigenvalue weighted by molar-refractivity contribution is 5.99. The minimum Gasteiger partial charge on any atom is -0.346 e. The van der Waals surface area contributed by atoms with Crippen LogP contribution in [0.15, 0.2) is 66.2 Å². The maximum atomic E-state index is 12.1. The Labute approximate surface area is 154 Å². The predicted molar refractivity (Wildman–Crippen MR) is 106 cm³/mol. The molecular weight excluding hydrogens is 326 g/mol. The van der Waals surface area contributed by atoms with Crippen molar-refractivity contribution in [1.82, 2.24) is 5.32 Å². The van der Waals surface area contributed by atoms with Crippen LogP contribution in [-0.4, -0.2) is 11.9 Å². The summed E-state index contributed by atoms with van der Waals surface area (Å²) in [7, 11) is 0. The third-order valence-corrected chi connectivity index (χ3v) is 3.92. The molecule has 0 fully saturated rings. The maximum Gasteiger partial charge on any atom is 0.323 e. The van der Waals surface area contributed by atoms with E-state index in [2.05, 4.69) is 16.0 Å². The lowest BCUT2D eigenvalue weighted by Gasteiger charge is -2.15. The molecule has 0 aliphatic heterocycles. The first-order chi connectivity index (χ1) is 12.5. The first kappa shape index (κ1) is 19.2.